The molecule has 3 amide bonds. The van der Waals surface area contributed by atoms with E-state index in [0.717, 1.165) is 9.37 Å². The van der Waals surface area contributed by atoms with Gasteiger partial charge < -0.3 is 11.1 Å². The number of carbonyl (C=O) groups is 2. The Labute approximate surface area is 108 Å². The summed E-state index contributed by atoms with van der Waals surface area (Å²) < 4.78 is 0.762. The summed E-state index contributed by atoms with van der Waals surface area (Å²) in [5, 5.41) is 2.64. The van der Waals surface area contributed by atoms with Crippen molar-refractivity contribution in [2.45, 2.75) is 6.42 Å². The number of hydrogen-bond donors (Lipinski definition) is 2. The van der Waals surface area contributed by atoms with E-state index in [-0.39, 0.29) is 0 Å². The maximum Gasteiger partial charge on any atom is 0.328 e. The van der Waals surface area contributed by atoms with Crippen molar-refractivity contribution in [3.63, 3.8) is 0 Å². The quantitative estimate of drug-likeness (QED) is 0.814. The van der Waals surface area contributed by atoms with Crippen molar-refractivity contribution in [1.29, 1.82) is 0 Å². The van der Waals surface area contributed by atoms with Crippen LogP contribution in [0.15, 0.2) is 28.7 Å². The van der Waals surface area contributed by atoms with Gasteiger partial charge in [0.15, 0.2) is 0 Å². The fraction of sp³-hybridized carbons (Fsp3) is 0.273. The van der Waals surface area contributed by atoms with Crippen molar-refractivity contribution < 1.29 is 9.59 Å². The van der Waals surface area contributed by atoms with E-state index in [4.69, 9.17) is 5.73 Å². The van der Waals surface area contributed by atoms with Gasteiger partial charge in [-0.1, -0.05) is 12.1 Å². The summed E-state index contributed by atoms with van der Waals surface area (Å²) in [5.41, 5.74) is 5.95. The summed E-state index contributed by atoms with van der Waals surface area (Å²) in [6.07, 6.45) is 1.09. The van der Waals surface area contributed by atoms with Gasteiger partial charge in [0.1, 0.15) is 0 Å². The summed E-state index contributed by atoms with van der Waals surface area (Å²) in [5.74, 6) is 0. The van der Waals surface area contributed by atoms with Gasteiger partial charge in [-0.2, -0.15) is 0 Å². The van der Waals surface area contributed by atoms with Crippen molar-refractivity contribution in [2.75, 3.05) is 18.4 Å². The molecule has 1 rings (SSSR count). The molecule has 3 N–H and O–H groups in total. The third-order valence-corrected chi connectivity index (χ3v) is 2.80. The molecule has 0 spiro atoms. The lowest BCUT2D eigenvalue weighted by atomic mass is 10.3. The van der Waals surface area contributed by atoms with Crippen LogP contribution in [-0.2, 0) is 4.79 Å². The number of nitrogens with zero attached hydrogens (tertiary/aromatic N) is 1. The smallest absolute Gasteiger partial charge is 0.328 e. The standard InChI is InChI=1S/C11H14BrN3O2/c12-9-4-1-2-5-10(9)14-11(17)15(8-16)7-3-6-13/h1-2,4-5,8H,3,6-7,13H2,(H,14,17). The van der Waals surface area contributed by atoms with E-state index in [1.807, 2.05) is 6.07 Å². The number of imide groups is 1. The summed E-state index contributed by atoms with van der Waals surface area (Å²) in [7, 11) is 0. The number of hydrogen-bond acceptors (Lipinski definition) is 3. The minimum absolute atomic E-state index is 0.316. The number of para-hydroxylation sites is 1. The predicted molar refractivity (Wildman–Crippen MR) is 69.6 cm³/mol. The van der Waals surface area contributed by atoms with Gasteiger partial charge in [0.05, 0.1) is 5.69 Å². The lowest BCUT2D eigenvalue weighted by Crippen LogP contribution is -2.35. The first-order valence-electron chi connectivity index (χ1n) is 5.16. The first-order chi connectivity index (χ1) is 8.19. The van der Waals surface area contributed by atoms with Crippen LogP contribution in [0, 0.1) is 0 Å². The Morgan fingerprint density at radius 3 is 2.76 bits per heavy atom. The molecule has 5 nitrogen and oxygen atoms in total. The fourth-order valence-electron chi connectivity index (χ4n) is 1.21. The largest absolute Gasteiger partial charge is 0.330 e. The van der Waals surface area contributed by atoms with Crippen LogP contribution in [0.5, 0.6) is 0 Å². The molecule has 1 aromatic rings. The second-order valence-electron chi connectivity index (χ2n) is 3.35. The zero-order valence-electron chi connectivity index (χ0n) is 9.23. The number of carbonyl (C=O) groups excluding carboxylic acids is 2. The predicted octanol–water partition coefficient (Wildman–Crippen LogP) is 1.79. The van der Waals surface area contributed by atoms with Crippen LogP contribution >= 0.6 is 15.9 Å². The van der Waals surface area contributed by atoms with Crippen LogP contribution in [0.25, 0.3) is 0 Å². The Morgan fingerprint density at radius 1 is 1.47 bits per heavy atom. The molecule has 17 heavy (non-hydrogen) atoms. The van der Waals surface area contributed by atoms with Crippen molar-refractivity contribution in [1.82, 2.24) is 4.90 Å². The molecule has 1 aromatic carbocycles. The summed E-state index contributed by atoms with van der Waals surface area (Å²) in [4.78, 5) is 23.5. The number of nitrogens with two attached hydrogens (primary N) is 1. The van der Waals surface area contributed by atoms with E-state index in [9.17, 15) is 9.59 Å². The van der Waals surface area contributed by atoms with Crippen LogP contribution < -0.4 is 11.1 Å². The average molecular weight is 300 g/mol. The topological polar surface area (TPSA) is 75.4 Å². The molecule has 0 bridgehead atoms. The summed E-state index contributed by atoms with van der Waals surface area (Å²) in [6, 6.07) is 6.73. The van der Waals surface area contributed by atoms with E-state index in [2.05, 4.69) is 21.2 Å². The Morgan fingerprint density at radius 2 is 2.18 bits per heavy atom. The summed E-state index contributed by atoms with van der Waals surface area (Å²) in [6.45, 7) is 0.753. The van der Waals surface area contributed by atoms with E-state index in [1.54, 1.807) is 18.2 Å². The molecule has 0 radical (unpaired) electrons. The van der Waals surface area contributed by atoms with Gasteiger partial charge in [0, 0.05) is 11.0 Å². The highest BCUT2D eigenvalue weighted by Crippen LogP contribution is 2.21. The third kappa shape index (κ3) is 4.16. The van der Waals surface area contributed by atoms with E-state index >= 15 is 0 Å². The molecule has 0 saturated carbocycles. The van der Waals surface area contributed by atoms with Gasteiger partial charge in [-0.15, -0.1) is 0 Å². The second kappa shape index (κ2) is 7.03. The molecular weight excluding hydrogens is 286 g/mol. The molecule has 92 valence electrons. The van der Waals surface area contributed by atoms with Gasteiger partial charge >= 0.3 is 6.03 Å². The molecule has 0 aromatic heterocycles. The molecule has 0 unspecified atom stereocenters. The highest BCUT2D eigenvalue weighted by molar-refractivity contribution is 9.10. The lowest BCUT2D eigenvalue weighted by molar-refractivity contribution is -0.115. The van der Waals surface area contributed by atoms with Crippen LogP contribution in [0.3, 0.4) is 0 Å². The highest BCUT2D eigenvalue weighted by atomic mass is 79.9. The fourth-order valence-corrected chi connectivity index (χ4v) is 1.60. The minimum Gasteiger partial charge on any atom is -0.330 e. The molecule has 0 fully saturated rings. The average Bonchev–Trinajstić information content (AvgIpc) is 2.33. The van der Waals surface area contributed by atoms with Crippen molar-refractivity contribution >= 4 is 34.1 Å². The van der Waals surface area contributed by atoms with Crippen LogP contribution in [0.1, 0.15) is 6.42 Å². The summed E-state index contributed by atoms with van der Waals surface area (Å²) >= 11 is 3.31. The monoisotopic (exact) mass is 299 g/mol. The van der Waals surface area contributed by atoms with Crippen molar-refractivity contribution in [3.8, 4) is 0 Å². The lowest BCUT2D eigenvalue weighted by Gasteiger charge is -2.16. The highest BCUT2D eigenvalue weighted by Gasteiger charge is 2.12. The normalized spacial score (nSPS) is 9.76. The molecule has 0 aliphatic carbocycles. The first-order valence-corrected chi connectivity index (χ1v) is 5.96. The Bertz CT molecular complexity index is 398. The van der Waals surface area contributed by atoms with Crippen LogP contribution in [0.4, 0.5) is 10.5 Å². The Balaban J connectivity index is 2.64. The molecule has 0 saturated heterocycles. The van der Waals surface area contributed by atoms with E-state index < -0.39 is 6.03 Å². The number of anilines is 1. The number of benzene rings is 1. The Hall–Kier alpha value is -1.40. The zero-order chi connectivity index (χ0) is 12.7. The SMILES string of the molecule is NCCCN(C=O)C(=O)Nc1ccccc1Br. The molecule has 0 aliphatic rings. The molecule has 0 atom stereocenters. The second-order valence-corrected chi connectivity index (χ2v) is 4.21. The van der Waals surface area contributed by atoms with Gasteiger partial charge in [-0.05, 0) is 41.0 Å². The molecule has 6 heteroatoms. The number of rotatable bonds is 5. The maximum absolute atomic E-state index is 11.7. The Kier molecular flexibility index (Phi) is 5.65. The van der Waals surface area contributed by atoms with E-state index in [1.165, 1.54) is 0 Å². The van der Waals surface area contributed by atoms with Crippen molar-refractivity contribution in [2.24, 2.45) is 5.73 Å². The molecule has 0 heterocycles. The van der Waals surface area contributed by atoms with Crippen molar-refractivity contribution in [3.05, 3.63) is 28.7 Å². The number of nitrogens with one attached hydrogen (secondary N) is 1. The molecule has 0 aliphatic heterocycles. The first kappa shape index (κ1) is 13.7. The van der Waals surface area contributed by atoms with Gasteiger partial charge in [0.2, 0.25) is 6.41 Å². The van der Waals surface area contributed by atoms with E-state index in [0.29, 0.717) is 31.6 Å². The number of amides is 3. The number of halogens is 1. The van der Waals surface area contributed by atoms with Gasteiger partial charge in [-0.3, -0.25) is 9.69 Å². The zero-order valence-corrected chi connectivity index (χ0v) is 10.8. The minimum atomic E-state index is -0.458. The van der Waals surface area contributed by atoms with Crippen LogP contribution in [-0.4, -0.2) is 30.4 Å². The van der Waals surface area contributed by atoms with Crippen LogP contribution in [0.2, 0.25) is 0 Å². The molecular formula is C11H14BrN3O2. The van der Waals surface area contributed by atoms with Gasteiger partial charge in [-0.25, -0.2) is 4.79 Å². The van der Waals surface area contributed by atoms with Gasteiger partial charge in [0.25, 0.3) is 0 Å². The maximum atomic E-state index is 11.7. The third-order valence-electron chi connectivity index (χ3n) is 2.11. The number of urea groups is 1.